The first-order chi connectivity index (χ1) is 14.2. The molecule has 1 aliphatic heterocycles. The molecule has 0 amide bonds. The van der Waals surface area contributed by atoms with Gasteiger partial charge in [0.15, 0.2) is 5.82 Å². The van der Waals surface area contributed by atoms with Crippen LogP contribution in [0.1, 0.15) is 18.4 Å². The first kappa shape index (κ1) is 18.9. The van der Waals surface area contributed by atoms with Crippen molar-refractivity contribution in [2.45, 2.75) is 18.9 Å². The van der Waals surface area contributed by atoms with E-state index in [1.807, 2.05) is 43.7 Å². The molecule has 29 heavy (non-hydrogen) atoms. The van der Waals surface area contributed by atoms with Gasteiger partial charge in [0.1, 0.15) is 5.69 Å². The maximum atomic E-state index is 5.82. The fraction of sp³-hybridized carbons (Fsp3) is 0.286. The number of hydrogen-bond acceptors (Lipinski definition) is 7. The molecular weight excluding hydrogens is 364 g/mol. The van der Waals surface area contributed by atoms with Crippen molar-refractivity contribution in [2.24, 2.45) is 17.8 Å². The van der Waals surface area contributed by atoms with Crippen LogP contribution in [-0.2, 0) is 7.05 Å². The van der Waals surface area contributed by atoms with Crippen molar-refractivity contribution in [3.63, 3.8) is 0 Å². The van der Waals surface area contributed by atoms with Crippen molar-refractivity contribution < 1.29 is 0 Å². The Balaban J connectivity index is 1.52. The minimum Gasteiger partial charge on any atom is -0.404 e. The minimum atomic E-state index is 0.343. The van der Waals surface area contributed by atoms with Crippen LogP contribution < -0.4 is 11.1 Å². The van der Waals surface area contributed by atoms with E-state index in [9.17, 15) is 0 Å². The van der Waals surface area contributed by atoms with E-state index < -0.39 is 0 Å². The number of aromatic nitrogens is 5. The summed E-state index contributed by atoms with van der Waals surface area (Å²) in [7, 11) is 1.85. The second kappa shape index (κ2) is 8.74. The van der Waals surface area contributed by atoms with Gasteiger partial charge in [0.25, 0.3) is 0 Å². The highest BCUT2D eigenvalue weighted by molar-refractivity contribution is 6.09. The summed E-state index contributed by atoms with van der Waals surface area (Å²) in [6.07, 6.45) is 10.9. The lowest BCUT2D eigenvalue weighted by atomic mass is 10.1. The summed E-state index contributed by atoms with van der Waals surface area (Å²) in [4.78, 5) is 13.7. The maximum absolute atomic E-state index is 5.82. The lowest BCUT2D eigenvalue weighted by Crippen LogP contribution is -2.29. The molecule has 0 atom stereocenters. The Bertz CT molecular complexity index is 1010. The number of nitrogens with one attached hydrogen (secondary N) is 1. The van der Waals surface area contributed by atoms with Gasteiger partial charge in [0.05, 0.1) is 12.2 Å². The first-order valence-corrected chi connectivity index (χ1v) is 9.68. The van der Waals surface area contributed by atoms with Gasteiger partial charge in [-0.25, -0.2) is 9.97 Å². The molecule has 0 aliphatic carbocycles. The quantitative estimate of drug-likeness (QED) is 0.648. The van der Waals surface area contributed by atoms with Gasteiger partial charge in [-0.1, -0.05) is 23.4 Å². The molecular formula is C21H24N8. The number of allylic oxidation sites excluding steroid dienone is 1. The van der Waals surface area contributed by atoms with Gasteiger partial charge >= 0.3 is 0 Å². The van der Waals surface area contributed by atoms with E-state index in [1.165, 1.54) is 0 Å². The standard InChI is InChI=1S/C21H24N8/c1-29-14-20(27-28-29)15-3-2-4-16(9-15)21-25-12-18(13-26-21)17(10-22)11-24-19-5-7-23-8-6-19/h2-4,9-14,19,23H,5-8,22H2,1H3. The topological polar surface area (TPSA) is 107 Å². The molecule has 4 rings (SSSR count). The SMILES string of the molecule is Cn1cc(-c2cccc(-c3ncc(C(C=NC4CCNCC4)=CN)cn3)c2)nn1. The second-order valence-corrected chi connectivity index (χ2v) is 7.03. The van der Waals surface area contributed by atoms with Crippen LogP contribution >= 0.6 is 0 Å². The average molecular weight is 388 g/mol. The molecule has 1 fully saturated rings. The third kappa shape index (κ3) is 4.55. The zero-order chi connectivity index (χ0) is 20.1. The van der Waals surface area contributed by atoms with Crippen LogP contribution in [0.3, 0.4) is 0 Å². The summed E-state index contributed by atoms with van der Waals surface area (Å²) in [5.74, 6) is 0.645. The summed E-state index contributed by atoms with van der Waals surface area (Å²) in [5, 5.41) is 11.5. The lowest BCUT2D eigenvalue weighted by molar-refractivity contribution is 0.461. The van der Waals surface area contributed by atoms with E-state index in [0.29, 0.717) is 11.9 Å². The number of nitrogens with zero attached hydrogens (tertiary/aromatic N) is 6. The molecule has 3 heterocycles. The summed E-state index contributed by atoms with van der Waals surface area (Å²) >= 11 is 0. The molecule has 1 aliphatic rings. The van der Waals surface area contributed by atoms with Gasteiger partial charge < -0.3 is 11.1 Å². The van der Waals surface area contributed by atoms with Crippen molar-refractivity contribution in [2.75, 3.05) is 13.1 Å². The molecule has 0 saturated carbocycles. The maximum Gasteiger partial charge on any atom is 0.159 e. The number of aliphatic imine (C=N–C) groups is 1. The molecule has 148 valence electrons. The summed E-state index contributed by atoms with van der Waals surface area (Å²) in [6.45, 7) is 2.02. The third-order valence-corrected chi connectivity index (χ3v) is 4.92. The van der Waals surface area contributed by atoms with Crippen molar-refractivity contribution in [3.05, 3.63) is 54.6 Å². The van der Waals surface area contributed by atoms with Crippen molar-refractivity contribution in [1.82, 2.24) is 30.3 Å². The van der Waals surface area contributed by atoms with E-state index >= 15 is 0 Å². The van der Waals surface area contributed by atoms with Gasteiger partial charge in [0.2, 0.25) is 0 Å². The number of benzene rings is 1. The Labute approximate surface area is 169 Å². The van der Waals surface area contributed by atoms with Gasteiger partial charge in [-0.3, -0.25) is 9.67 Å². The molecule has 0 spiro atoms. The molecule has 8 nitrogen and oxygen atoms in total. The number of hydrogen-bond donors (Lipinski definition) is 2. The van der Waals surface area contributed by atoms with Crippen molar-refractivity contribution >= 4 is 11.8 Å². The molecule has 0 bridgehead atoms. The molecule has 3 N–H and O–H groups in total. The zero-order valence-electron chi connectivity index (χ0n) is 16.4. The number of rotatable bonds is 5. The van der Waals surface area contributed by atoms with Crippen molar-refractivity contribution in [3.8, 4) is 22.6 Å². The van der Waals surface area contributed by atoms with Crippen LogP contribution in [-0.4, -0.2) is 50.3 Å². The van der Waals surface area contributed by atoms with Crippen LogP contribution in [0.2, 0.25) is 0 Å². The highest BCUT2D eigenvalue weighted by Crippen LogP contribution is 2.23. The number of piperidine rings is 1. The summed E-state index contributed by atoms with van der Waals surface area (Å²) in [5.41, 5.74) is 10.2. The normalized spacial score (nSPS) is 15.8. The van der Waals surface area contributed by atoms with E-state index in [4.69, 9.17) is 5.73 Å². The Morgan fingerprint density at radius 2 is 1.97 bits per heavy atom. The Morgan fingerprint density at radius 3 is 2.66 bits per heavy atom. The molecule has 1 saturated heterocycles. The predicted octanol–water partition coefficient (Wildman–Crippen LogP) is 2.06. The van der Waals surface area contributed by atoms with E-state index in [-0.39, 0.29) is 0 Å². The van der Waals surface area contributed by atoms with Gasteiger partial charge in [-0.2, -0.15) is 0 Å². The Hall–Kier alpha value is -3.39. The van der Waals surface area contributed by atoms with Crippen molar-refractivity contribution in [1.29, 1.82) is 0 Å². The number of aryl methyl sites for hydroxylation is 1. The zero-order valence-corrected chi connectivity index (χ0v) is 16.4. The van der Waals surface area contributed by atoms with E-state index in [1.54, 1.807) is 23.3 Å². The fourth-order valence-electron chi connectivity index (χ4n) is 3.28. The monoisotopic (exact) mass is 388 g/mol. The van der Waals surface area contributed by atoms with Crippen LogP contribution in [0.25, 0.3) is 28.2 Å². The van der Waals surface area contributed by atoms with E-state index in [0.717, 1.165) is 53.9 Å². The van der Waals surface area contributed by atoms with Gasteiger partial charge in [0, 0.05) is 54.1 Å². The Kier molecular flexibility index (Phi) is 5.71. The van der Waals surface area contributed by atoms with Crippen LogP contribution in [0.15, 0.2) is 54.0 Å². The van der Waals surface area contributed by atoms with E-state index in [2.05, 4.69) is 30.6 Å². The average Bonchev–Trinajstić information content (AvgIpc) is 3.22. The fourth-order valence-corrected chi connectivity index (χ4v) is 3.28. The highest BCUT2D eigenvalue weighted by Gasteiger charge is 2.11. The molecule has 0 unspecified atom stereocenters. The van der Waals surface area contributed by atoms with Crippen LogP contribution in [0.4, 0.5) is 0 Å². The molecule has 1 aromatic carbocycles. The largest absolute Gasteiger partial charge is 0.404 e. The second-order valence-electron chi connectivity index (χ2n) is 7.03. The molecule has 3 aromatic rings. The molecule has 8 heteroatoms. The summed E-state index contributed by atoms with van der Waals surface area (Å²) in [6, 6.07) is 8.29. The number of nitrogens with two attached hydrogens (primary N) is 1. The molecule has 2 aromatic heterocycles. The minimum absolute atomic E-state index is 0.343. The first-order valence-electron chi connectivity index (χ1n) is 9.68. The van der Waals surface area contributed by atoms with Crippen LogP contribution in [0.5, 0.6) is 0 Å². The Morgan fingerprint density at radius 1 is 1.21 bits per heavy atom. The lowest BCUT2D eigenvalue weighted by Gasteiger charge is -2.18. The summed E-state index contributed by atoms with van der Waals surface area (Å²) < 4.78 is 1.68. The third-order valence-electron chi connectivity index (χ3n) is 4.92. The van der Waals surface area contributed by atoms with Gasteiger partial charge in [-0.05, 0) is 32.0 Å². The smallest absolute Gasteiger partial charge is 0.159 e. The van der Waals surface area contributed by atoms with Crippen LogP contribution in [0, 0.1) is 0 Å². The predicted molar refractivity (Wildman–Crippen MR) is 114 cm³/mol. The van der Waals surface area contributed by atoms with Gasteiger partial charge in [-0.15, -0.1) is 5.10 Å². The highest BCUT2D eigenvalue weighted by atomic mass is 15.4. The molecule has 0 radical (unpaired) electrons.